The summed E-state index contributed by atoms with van der Waals surface area (Å²) in [6.07, 6.45) is -1.15. The maximum atomic E-state index is 13.6. The van der Waals surface area contributed by atoms with Gasteiger partial charge in [0.2, 0.25) is 0 Å². The first-order chi connectivity index (χ1) is 14.5. The summed E-state index contributed by atoms with van der Waals surface area (Å²) >= 11 is 0. The molecule has 1 atom stereocenters. The van der Waals surface area contributed by atoms with E-state index in [4.69, 9.17) is 0 Å². The Hall–Kier alpha value is -3.28. The highest BCUT2D eigenvalue weighted by Crippen LogP contribution is 2.41. The van der Waals surface area contributed by atoms with Crippen molar-refractivity contribution in [3.05, 3.63) is 64.6 Å². The molecule has 6 nitrogen and oxygen atoms in total. The second kappa shape index (κ2) is 8.46. The van der Waals surface area contributed by atoms with Gasteiger partial charge in [0.05, 0.1) is 11.7 Å². The Balaban J connectivity index is 2.58. The first-order valence-corrected chi connectivity index (χ1v) is 10.4. The zero-order valence-corrected chi connectivity index (χ0v) is 18.6. The molecular formula is C25H30N2O4. The van der Waals surface area contributed by atoms with E-state index < -0.39 is 17.6 Å². The van der Waals surface area contributed by atoms with Crippen molar-refractivity contribution in [2.24, 2.45) is 11.3 Å². The number of phenolic OH excluding ortho intramolecular Hbond substituents is 1. The number of aromatic hydroxyl groups is 1. The van der Waals surface area contributed by atoms with Crippen molar-refractivity contribution >= 4 is 16.9 Å². The van der Waals surface area contributed by atoms with E-state index in [0.717, 1.165) is 11.1 Å². The van der Waals surface area contributed by atoms with Crippen molar-refractivity contribution in [1.29, 1.82) is 0 Å². The Morgan fingerprint density at radius 2 is 1.71 bits per heavy atom. The molecule has 0 aliphatic heterocycles. The summed E-state index contributed by atoms with van der Waals surface area (Å²) < 4.78 is 1.71. The van der Waals surface area contributed by atoms with Crippen molar-refractivity contribution in [2.45, 2.75) is 47.2 Å². The van der Waals surface area contributed by atoms with Gasteiger partial charge in [0.1, 0.15) is 5.75 Å². The van der Waals surface area contributed by atoms with Gasteiger partial charge in [-0.25, -0.2) is 4.79 Å². The van der Waals surface area contributed by atoms with Crippen LogP contribution in [0.1, 0.15) is 46.4 Å². The van der Waals surface area contributed by atoms with Crippen LogP contribution in [0.4, 0.5) is 4.79 Å². The fraction of sp³-hybridized carbons (Fsp3) is 0.360. The van der Waals surface area contributed by atoms with Crippen LogP contribution in [0, 0.1) is 11.3 Å². The highest BCUT2D eigenvalue weighted by atomic mass is 16.4. The summed E-state index contributed by atoms with van der Waals surface area (Å²) in [4.78, 5) is 25.4. The molecule has 3 rings (SSSR count). The third-order valence-corrected chi connectivity index (χ3v) is 5.31. The van der Waals surface area contributed by atoms with E-state index in [1.165, 1.54) is 6.07 Å². The summed E-state index contributed by atoms with van der Waals surface area (Å²) in [5, 5.41) is 23.6. The summed E-state index contributed by atoms with van der Waals surface area (Å²) in [6.45, 7) is 10.3. The third kappa shape index (κ3) is 4.58. The Bertz CT molecular complexity index is 1160. The molecule has 0 saturated heterocycles. The lowest BCUT2D eigenvalue weighted by Crippen LogP contribution is -2.40. The lowest BCUT2D eigenvalue weighted by Gasteiger charge is -2.35. The van der Waals surface area contributed by atoms with Crippen LogP contribution < -0.4 is 10.9 Å². The van der Waals surface area contributed by atoms with Crippen molar-refractivity contribution in [2.75, 3.05) is 0 Å². The lowest BCUT2D eigenvalue weighted by atomic mass is 9.80. The van der Waals surface area contributed by atoms with Crippen molar-refractivity contribution in [3.63, 3.8) is 0 Å². The van der Waals surface area contributed by atoms with Crippen LogP contribution in [-0.4, -0.2) is 20.9 Å². The minimum absolute atomic E-state index is 0.0511. The summed E-state index contributed by atoms with van der Waals surface area (Å²) in [5.41, 5.74) is 1.50. The minimum atomic E-state index is -1.15. The second-order valence-electron chi connectivity index (χ2n) is 9.41. The van der Waals surface area contributed by atoms with Crippen molar-refractivity contribution in [1.82, 2.24) is 9.88 Å². The van der Waals surface area contributed by atoms with Gasteiger partial charge in [0, 0.05) is 22.9 Å². The fourth-order valence-corrected chi connectivity index (χ4v) is 4.03. The first kappa shape index (κ1) is 22.4. The molecule has 0 saturated carbocycles. The number of amides is 1. The number of fused-ring (bicyclic) bond motifs is 1. The molecule has 3 N–H and O–H groups in total. The number of nitrogens with zero attached hydrogens (tertiary/aromatic N) is 1. The van der Waals surface area contributed by atoms with Crippen LogP contribution in [0.25, 0.3) is 21.9 Å². The van der Waals surface area contributed by atoms with Gasteiger partial charge in [-0.15, -0.1) is 0 Å². The van der Waals surface area contributed by atoms with Crippen LogP contribution in [0.5, 0.6) is 5.75 Å². The van der Waals surface area contributed by atoms with Crippen LogP contribution in [0.3, 0.4) is 0 Å². The van der Waals surface area contributed by atoms with E-state index >= 15 is 0 Å². The Morgan fingerprint density at radius 3 is 2.26 bits per heavy atom. The Morgan fingerprint density at radius 1 is 1.06 bits per heavy atom. The van der Waals surface area contributed by atoms with E-state index in [1.54, 1.807) is 16.7 Å². The van der Waals surface area contributed by atoms with Gasteiger partial charge in [0.15, 0.2) is 0 Å². The number of carboxylic acid groups (broad SMARTS) is 1. The van der Waals surface area contributed by atoms with Gasteiger partial charge in [0.25, 0.3) is 5.56 Å². The molecule has 2 aromatic carbocycles. The zero-order chi connectivity index (χ0) is 22.9. The summed E-state index contributed by atoms with van der Waals surface area (Å²) in [5.74, 6) is 0.218. The molecule has 0 radical (unpaired) electrons. The number of carbonyl (C=O) groups is 1. The number of aromatic nitrogens is 1. The number of nitrogens with one attached hydrogen (secondary N) is 1. The van der Waals surface area contributed by atoms with Crippen LogP contribution in [0.2, 0.25) is 0 Å². The molecule has 6 heteroatoms. The average Bonchev–Trinajstić information content (AvgIpc) is 2.67. The summed E-state index contributed by atoms with van der Waals surface area (Å²) in [7, 11) is 0. The number of phenols is 1. The van der Waals surface area contributed by atoms with Gasteiger partial charge >= 0.3 is 6.09 Å². The standard InChI is InChI=1S/C25H30N2O4/c1-15(2)14-27-21(22(25(3,4)5)26-24(30)31)20(16-9-7-6-8-10-16)19-13-17(28)11-12-18(19)23(27)29/h6-13,15,22,26,28H,14H2,1-5H3,(H,30,31). The lowest BCUT2D eigenvalue weighted by molar-refractivity contribution is 0.172. The van der Waals surface area contributed by atoms with E-state index in [2.05, 4.69) is 5.32 Å². The molecule has 1 heterocycles. The third-order valence-electron chi connectivity index (χ3n) is 5.31. The number of benzene rings is 2. The molecular weight excluding hydrogens is 392 g/mol. The van der Waals surface area contributed by atoms with Gasteiger partial charge in [-0.1, -0.05) is 65.0 Å². The monoisotopic (exact) mass is 422 g/mol. The Kier molecular flexibility index (Phi) is 6.11. The van der Waals surface area contributed by atoms with Crippen molar-refractivity contribution < 1.29 is 15.0 Å². The SMILES string of the molecule is CC(C)Cn1c(C(NC(=O)O)C(C)(C)C)c(-c2ccccc2)c2cc(O)ccc2c1=O. The minimum Gasteiger partial charge on any atom is -0.508 e. The molecule has 1 amide bonds. The highest BCUT2D eigenvalue weighted by molar-refractivity contribution is 5.98. The fourth-order valence-electron chi connectivity index (χ4n) is 4.03. The average molecular weight is 423 g/mol. The van der Waals surface area contributed by atoms with E-state index in [1.807, 2.05) is 65.0 Å². The first-order valence-electron chi connectivity index (χ1n) is 10.4. The van der Waals surface area contributed by atoms with Gasteiger partial charge in [-0.3, -0.25) is 4.79 Å². The predicted octanol–water partition coefficient (Wildman–Crippen LogP) is 5.38. The highest BCUT2D eigenvalue weighted by Gasteiger charge is 2.34. The molecule has 0 bridgehead atoms. The smallest absolute Gasteiger partial charge is 0.405 e. The maximum absolute atomic E-state index is 13.6. The van der Waals surface area contributed by atoms with Crippen LogP contribution in [-0.2, 0) is 6.54 Å². The number of rotatable bonds is 5. The largest absolute Gasteiger partial charge is 0.508 e. The number of hydrogen-bond acceptors (Lipinski definition) is 3. The van der Waals surface area contributed by atoms with Crippen LogP contribution in [0.15, 0.2) is 53.3 Å². The Labute approximate surface area is 182 Å². The quantitative estimate of drug-likeness (QED) is 0.514. The van der Waals surface area contributed by atoms with Gasteiger partial charge in [-0.2, -0.15) is 0 Å². The second-order valence-corrected chi connectivity index (χ2v) is 9.41. The molecule has 1 unspecified atom stereocenters. The topological polar surface area (TPSA) is 91.6 Å². The predicted molar refractivity (Wildman–Crippen MR) is 124 cm³/mol. The maximum Gasteiger partial charge on any atom is 0.405 e. The molecule has 0 aliphatic rings. The molecule has 1 aromatic heterocycles. The zero-order valence-electron chi connectivity index (χ0n) is 18.6. The molecule has 0 aliphatic carbocycles. The number of pyridine rings is 1. The molecule has 3 aromatic rings. The molecule has 164 valence electrons. The van der Waals surface area contributed by atoms with Gasteiger partial charge < -0.3 is 20.1 Å². The number of hydrogen-bond donors (Lipinski definition) is 3. The van der Waals surface area contributed by atoms with E-state index in [0.29, 0.717) is 23.0 Å². The molecule has 31 heavy (non-hydrogen) atoms. The summed E-state index contributed by atoms with van der Waals surface area (Å²) in [6, 6.07) is 13.7. The van der Waals surface area contributed by atoms with E-state index in [9.17, 15) is 19.8 Å². The van der Waals surface area contributed by atoms with Gasteiger partial charge in [-0.05, 0) is 35.1 Å². The van der Waals surface area contributed by atoms with Crippen molar-refractivity contribution in [3.8, 4) is 16.9 Å². The normalized spacial score (nSPS) is 12.8. The van der Waals surface area contributed by atoms with Crippen LogP contribution >= 0.6 is 0 Å². The van der Waals surface area contributed by atoms with E-state index in [-0.39, 0.29) is 17.2 Å². The molecule has 0 fully saturated rings. The molecule has 0 spiro atoms.